The van der Waals surface area contributed by atoms with Gasteiger partial charge in [-0.1, -0.05) is 12.1 Å². The Labute approximate surface area is 188 Å². The summed E-state index contributed by atoms with van der Waals surface area (Å²) in [6.07, 6.45) is 4.95. The molecule has 2 amide bonds. The largest absolute Gasteiger partial charge is 0.348 e. The normalized spacial score (nSPS) is 11.2. The fourth-order valence-corrected chi connectivity index (χ4v) is 4.24. The maximum Gasteiger partial charge on any atom is 0.248 e. The van der Waals surface area contributed by atoms with Gasteiger partial charge < -0.3 is 9.88 Å². The van der Waals surface area contributed by atoms with Crippen molar-refractivity contribution in [2.24, 2.45) is 0 Å². The summed E-state index contributed by atoms with van der Waals surface area (Å²) in [7, 11) is 0. The molecule has 0 saturated carbocycles. The van der Waals surface area contributed by atoms with E-state index in [0.717, 1.165) is 17.4 Å². The highest BCUT2D eigenvalue weighted by Gasteiger charge is 2.20. The smallest absolute Gasteiger partial charge is 0.248 e. The number of aryl methyl sites for hydroxylation is 1. The van der Waals surface area contributed by atoms with Gasteiger partial charge in [-0.25, -0.2) is 9.37 Å². The summed E-state index contributed by atoms with van der Waals surface area (Å²) in [6, 6.07) is 13.8. The first kappa shape index (κ1) is 21.5. The maximum absolute atomic E-state index is 14.2. The third-order valence-electron chi connectivity index (χ3n) is 4.89. The van der Waals surface area contributed by atoms with Crippen LogP contribution in [0.3, 0.4) is 0 Å². The number of amides is 2. The number of carbonyl (C=O) groups excluding carboxylic acids is 2. The number of hydrogen-bond acceptors (Lipinski definition) is 4. The Balaban J connectivity index is 1.48. The molecule has 0 aliphatic heterocycles. The van der Waals surface area contributed by atoms with Gasteiger partial charge in [0.1, 0.15) is 5.82 Å². The molecular weight excluding hydrogens is 427 g/mol. The third-order valence-corrected chi connectivity index (χ3v) is 5.74. The minimum absolute atomic E-state index is 0.134. The summed E-state index contributed by atoms with van der Waals surface area (Å²) < 4.78 is 16.3. The molecule has 8 heteroatoms. The number of anilines is 3. The number of aromatic nitrogens is 2. The van der Waals surface area contributed by atoms with Crippen molar-refractivity contribution in [3.63, 3.8) is 0 Å². The Morgan fingerprint density at radius 2 is 2.03 bits per heavy atom. The molecule has 32 heavy (non-hydrogen) atoms. The molecule has 4 rings (SSSR count). The third kappa shape index (κ3) is 4.45. The van der Waals surface area contributed by atoms with Gasteiger partial charge in [-0.2, -0.15) is 0 Å². The summed E-state index contributed by atoms with van der Waals surface area (Å²) in [5.41, 5.74) is 2.44. The van der Waals surface area contributed by atoms with E-state index in [1.807, 2.05) is 30.5 Å². The Hall–Kier alpha value is -3.78. The lowest BCUT2D eigenvalue weighted by atomic mass is 10.2. The second-order valence-corrected chi connectivity index (χ2v) is 7.90. The Bertz CT molecular complexity index is 1320. The van der Waals surface area contributed by atoms with E-state index in [1.165, 1.54) is 41.4 Å². The highest BCUT2D eigenvalue weighted by molar-refractivity contribution is 7.14. The monoisotopic (exact) mass is 448 g/mol. The first-order valence-corrected chi connectivity index (χ1v) is 10.9. The van der Waals surface area contributed by atoms with Crippen molar-refractivity contribution < 1.29 is 14.0 Å². The summed E-state index contributed by atoms with van der Waals surface area (Å²) in [4.78, 5) is 30.1. The van der Waals surface area contributed by atoms with Crippen LogP contribution in [0.1, 0.15) is 19.5 Å². The van der Waals surface area contributed by atoms with E-state index in [-0.39, 0.29) is 17.5 Å². The van der Waals surface area contributed by atoms with Gasteiger partial charge in [0.2, 0.25) is 11.8 Å². The highest BCUT2D eigenvalue weighted by Crippen LogP contribution is 2.31. The SMILES string of the molecule is CCn1ccc2cc(NC(=O)C=Cc3csc(N(C(C)=O)c4ccccc4F)n3)ccc21. The van der Waals surface area contributed by atoms with E-state index in [2.05, 4.69) is 21.8 Å². The fourth-order valence-electron chi connectivity index (χ4n) is 3.39. The van der Waals surface area contributed by atoms with Crippen LogP contribution in [0.2, 0.25) is 0 Å². The molecule has 2 aromatic carbocycles. The number of hydrogen-bond donors (Lipinski definition) is 1. The lowest BCUT2D eigenvalue weighted by Gasteiger charge is -2.18. The molecule has 0 atom stereocenters. The number of thiazole rings is 1. The van der Waals surface area contributed by atoms with Crippen molar-refractivity contribution in [1.29, 1.82) is 0 Å². The molecule has 0 aliphatic carbocycles. The van der Waals surface area contributed by atoms with Gasteiger partial charge in [0.25, 0.3) is 0 Å². The van der Waals surface area contributed by atoms with Crippen molar-refractivity contribution in [3.05, 3.63) is 77.7 Å². The maximum atomic E-state index is 14.2. The van der Waals surface area contributed by atoms with Gasteiger partial charge in [0.15, 0.2) is 5.13 Å². The van der Waals surface area contributed by atoms with Crippen LogP contribution in [0.4, 0.5) is 20.9 Å². The minimum Gasteiger partial charge on any atom is -0.348 e. The number of carbonyl (C=O) groups is 2. The molecule has 2 heterocycles. The molecular formula is C24H21FN4O2S. The lowest BCUT2D eigenvalue weighted by Crippen LogP contribution is -2.23. The number of benzene rings is 2. The standard InChI is InChI=1S/C24H21FN4O2S/c1-3-28-13-12-17-14-18(8-10-21(17)28)26-23(31)11-9-19-15-32-24(27-19)29(16(2)30)22-7-5-4-6-20(22)25/h4-15H,3H2,1-2H3,(H,26,31). The second kappa shape index (κ2) is 9.15. The average Bonchev–Trinajstić information content (AvgIpc) is 3.40. The van der Waals surface area contributed by atoms with E-state index in [4.69, 9.17) is 0 Å². The van der Waals surface area contributed by atoms with E-state index < -0.39 is 5.82 Å². The van der Waals surface area contributed by atoms with Crippen molar-refractivity contribution in [3.8, 4) is 0 Å². The zero-order valence-corrected chi connectivity index (χ0v) is 18.4. The van der Waals surface area contributed by atoms with Gasteiger partial charge >= 0.3 is 0 Å². The predicted octanol–water partition coefficient (Wildman–Crippen LogP) is 5.59. The summed E-state index contributed by atoms with van der Waals surface area (Å²) in [5, 5.41) is 5.92. The summed E-state index contributed by atoms with van der Waals surface area (Å²) in [6.45, 7) is 4.31. The molecule has 0 bridgehead atoms. The van der Waals surface area contributed by atoms with Crippen LogP contribution in [0, 0.1) is 5.82 Å². The molecule has 6 nitrogen and oxygen atoms in total. The van der Waals surface area contributed by atoms with Gasteiger partial charge in [-0.15, -0.1) is 11.3 Å². The predicted molar refractivity (Wildman–Crippen MR) is 127 cm³/mol. The summed E-state index contributed by atoms with van der Waals surface area (Å²) >= 11 is 1.19. The van der Waals surface area contributed by atoms with E-state index in [1.54, 1.807) is 23.6 Å². The first-order chi connectivity index (χ1) is 15.5. The van der Waals surface area contributed by atoms with Gasteiger partial charge in [0.05, 0.1) is 11.4 Å². The first-order valence-electron chi connectivity index (χ1n) is 10.0. The molecule has 0 aliphatic rings. The molecule has 0 unspecified atom stereocenters. The van der Waals surface area contributed by atoms with Crippen molar-refractivity contribution in [1.82, 2.24) is 9.55 Å². The van der Waals surface area contributed by atoms with Crippen molar-refractivity contribution in [2.45, 2.75) is 20.4 Å². The number of nitrogens with one attached hydrogen (secondary N) is 1. The zero-order valence-electron chi connectivity index (χ0n) is 17.6. The molecule has 0 radical (unpaired) electrons. The van der Waals surface area contributed by atoms with Gasteiger partial charge in [-0.3, -0.25) is 14.5 Å². The van der Waals surface area contributed by atoms with Crippen molar-refractivity contribution >= 4 is 56.6 Å². The number of para-hydroxylation sites is 1. The number of fused-ring (bicyclic) bond motifs is 1. The Morgan fingerprint density at radius 3 is 2.78 bits per heavy atom. The van der Waals surface area contributed by atoms with Gasteiger partial charge in [-0.05, 0) is 49.4 Å². The zero-order chi connectivity index (χ0) is 22.7. The fraction of sp³-hybridized carbons (Fsp3) is 0.125. The second-order valence-electron chi connectivity index (χ2n) is 7.06. The quantitative estimate of drug-likeness (QED) is 0.391. The summed E-state index contributed by atoms with van der Waals surface area (Å²) in [5.74, 6) is -1.17. The number of rotatable bonds is 6. The van der Waals surface area contributed by atoms with Crippen LogP contribution in [0.25, 0.3) is 17.0 Å². The Morgan fingerprint density at radius 1 is 1.22 bits per heavy atom. The minimum atomic E-state index is -0.513. The highest BCUT2D eigenvalue weighted by atomic mass is 32.1. The number of nitrogens with zero attached hydrogens (tertiary/aromatic N) is 3. The molecule has 0 spiro atoms. The average molecular weight is 449 g/mol. The molecule has 0 saturated heterocycles. The topological polar surface area (TPSA) is 67.2 Å². The molecule has 0 fully saturated rings. The van der Waals surface area contributed by atoms with Crippen LogP contribution in [0.5, 0.6) is 0 Å². The van der Waals surface area contributed by atoms with Crippen LogP contribution in [-0.2, 0) is 16.1 Å². The number of halogens is 1. The van der Waals surface area contributed by atoms with E-state index in [0.29, 0.717) is 16.5 Å². The molecule has 1 N–H and O–H groups in total. The Kier molecular flexibility index (Phi) is 6.13. The van der Waals surface area contributed by atoms with Crippen LogP contribution in [0.15, 0.2) is 66.2 Å². The van der Waals surface area contributed by atoms with Gasteiger partial charge in [0, 0.05) is 47.7 Å². The van der Waals surface area contributed by atoms with Crippen molar-refractivity contribution in [2.75, 3.05) is 10.2 Å². The van der Waals surface area contributed by atoms with E-state index in [9.17, 15) is 14.0 Å². The molecule has 2 aromatic heterocycles. The molecule has 162 valence electrons. The van der Waals surface area contributed by atoms with Crippen LogP contribution in [-0.4, -0.2) is 21.4 Å². The van der Waals surface area contributed by atoms with E-state index >= 15 is 0 Å². The van der Waals surface area contributed by atoms with Crippen LogP contribution >= 0.6 is 11.3 Å². The molecule has 4 aromatic rings. The van der Waals surface area contributed by atoms with Crippen LogP contribution < -0.4 is 10.2 Å². The lowest BCUT2D eigenvalue weighted by molar-refractivity contribution is -0.116.